The molecule has 1 aliphatic heterocycles. The van der Waals surface area contributed by atoms with Crippen LogP contribution >= 0.6 is 0 Å². The van der Waals surface area contributed by atoms with Gasteiger partial charge in [-0.2, -0.15) is 19.6 Å². The second kappa shape index (κ2) is 8.07. The molecule has 10 heteroatoms. The van der Waals surface area contributed by atoms with Gasteiger partial charge in [-0.15, -0.1) is 0 Å². The topological polar surface area (TPSA) is 87.6 Å². The number of anilines is 3. The first-order valence-electron chi connectivity index (χ1n) is 9.84. The van der Waals surface area contributed by atoms with E-state index in [0.717, 1.165) is 44.0 Å². The number of hydrogen-bond acceptors (Lipinski definition) is 8. The zero-order chi connectivity index (χ0) is 20.3. The first kappa shape index (κ1) is 18.5. The number of hydrogen-bond donors (Lipinski definition) is 1. The number of nitrogens with zero attached hydrogens (tertiary/aromatic N) is 7. The maximum absolute atomic E-state index is 14.0. The van der Waals surface area contributed by atoms with Gasteiger partial charge in [-0.1, -0.05) is 18.2 Å². The van der Waals surface area contributed by atoms with E-state index in [1.54, 1.807) is 6.07 Å². The molecule has 0 radical (unpaired) electrons. The first-order chi connectivity index (χ1) is 14.8. The summed E-state index contributed by atoms with van der Waals surface area (Å²) in [7, 11) is 0. The Bertz CT molecular complexity index is 1140. The number of fused-ring (bicyclic) bond motifs is 1. The fraction of sp³-hybridized carbons (Fsp3) is 0.300. The SMILES string of the molecule is Fc1ccccc1CN1CCCN(c2ccc(Nc3ncnc4ncnn34)o2)CC1. The predicted octanol–water partition coefficient (Wildman–Crippen LogP) is 2.71. The Morgan fingerprint density at radius 3 is 2.80 bits per heavy atom. The molecule has 154 valence electrons. The lowest BCUT2D eigenvalue weighted by Crippen LogP contribution is -2.30. The lowest BCUT2D eigenvalue weighted by Gasteiger charge is -2.21. The summed E-state index contributed by atoms with van der Waals surface area (Å²) in [6.45, 7) is 4.06. The van der Waals surface area contributed by atoms with Gasteiger partial charge in [-0.3, -0.25) is 10.2 Å². The zero-order valence-electron chi connectivity index (χ0n) is 16.3. The molecule has 0 aliphatic carbocycles. The van der Waals surface area contributed by atoms with E-state index in [1.165, 1.54) is 23.2 Å². The lowest BCUT2D eigenvalue weighted by atomic mass is 10.2. The van der Waals surface area contributed by atoms with Crippen LogP contribution in [-0.2, 0) is 6.54 Å². The average Bonchev–Trinajstić information content (AvgIpc) is 3.36. The van der Waals surface area contributed by atoms with E-state index in [1.807, 2.05) is 24.3 Å². The van der Waals surface area contributed by atoms with Crippen LogP contribution in [0.25, 0.3) is 5.78 Å². The molecule has 1 N–H and O–H groups in total. The Balaban J connectivity index is 1.24. The summed E-state index contributed by atoms with van der Waals surface area (Å²) in [5.74, 6) is 2.14. The van der Waals surface area contributed by atoms with E-state index in [4.69, 9.17) is 4.42 Å². The van der Waals surface area contributed by atoms with Crippen molar-refractivity contribution in [2.75, 3.05) is 36.4 Å². The molecule has 1 fully saturated rings. The molecule has 1 aliphatic rings. The Labute approximate surface area is 172 Å². The highest BCUT2D eigenvalue weighted by Crippen LogP contribution is 2.25. The number of benzene rings is 1. The number of aromatic nitrogens is 5. The second-order valence-corrected chi connectivity index (χ2v) is 7.14. The van der Waals surface area contributed by atoms with Gasteiger partial charge in [0.25, 0.3) is 5.78 Å². The van der Waals surface area contributed by atoms with Gasteiger partial charge in [0.1, 0.15) is 18.5 Å². The van der Waals surface area contributed by atoms with Crippen molar-refractivity contribution in [2.45, 2.75) is 13.0 Å². The summed E-state index contributed by atoms with van der Waals surface area (Å²) < 4.78 is 21.5. The third-order valence-corrected chi connectivity index (χ3v) is 5.16. The van der Waals surface area contributed by atoms with Gasteiger partial charge < -0.3 is 9.32 Å². The fourth-order valence-electron chi connectivity index (χ4n) is 3.64. The van der Waals surface area contributed by atoms with Crippen molar-refractivity contribution in [1.82, 2.24) is 29.5 Å². The summed E-state index contributed by atoms with van der Waals surface area (Å²) in [5.41, 5.74) is 0.736. The quantitative estimate of drug-likeness (QED) is 0.539. The molecule has 1 aromatic carbocycles. The molecule has 1 saturated heterocycles. The summed E-state index contributed by atoms with van der Waals surface area (Å²) in [5, 5.41) is 7.23. The van der Waals surface area contributed by atoms with Crippen LogP contribution in [0.1, 0.15) is 12.0 Å². The highest BCUT2D eigenvalue weighted by Gasteiger charge is 2.19. The summed E-state index contributed by atoms with van der Waals surface area (Å²) in [4.78, 5) is 16.8. The second-order valence-electron chi connectivity index (χ2n) is 7.14. The van der Waals surface area contributed by atoms with E-state index in [0.29, 0.717) is 24.2 Å². The fourth-order valence-corrected chi connectivity index (χ4v) is 3.64. The van der Waals surface area contributed by atoms with Gasteiger partial charge in [-0.05, 0) is 12.5 Å². The number of rotatable bonds is 5. The lowest BCUT2D eigenvalue weighted by molar-refractivity contribution is 0.281. The minimum atomic E-state index is -0.147. The Kier molecular flexibility index (Phi) is 4.98. The molecule has 0 atom stereocenters. The van der Waals surface area contributed by atoms with Crippen molar-refractivity contribution in [3.63, 3.8) is 0 Å². The normalized spacial score (nSPS) is 15.4. The molecule has 5 rings (SSSR count). The predicted molar refractivity (Wildman–Crippen MR) is 109 cm³/mol. The molecule has 3 aromatic heterocycles. The van der Waals surface area contributed by atoms with E-state index >= 15 is 0 Å². The van der Waals surface area contributed by atoms with Crippen LogP contribution in [0.4, 0.5) is 22.1 Å². The van der Waals surface area contributed by atoms with Crippen molar-refractivity contribution in [3.8, 4) is 0 Å². The molecule has 4 heterocycles. The summed E-state index contributed by atoms with van der Waals surface area (Å²) in [6, 6.07) is 10.8. The van der Waals surface area contributed by atoms with Crippen molar-refractivity contribution >= 4 is 23.5 Å². The summed E-state index contributed by atoms with van der Waals surface area (Å²) >= 11 is 0. The van der Waals surface area contributed by atoms with E-state index in [-0.39, 0.29) is 5.82 Å². The largest absolute Gasteiger partial charge is 0.425 e. The minimum Gasteiger partial charge on any atom is -0.425 e. The third kappa shape index (κ3) is 3.81. The van der Waals surface area contributed by atoms with Crippen LogP contribution in [0.5, 0.6) is 0 Å². The van der Waals surface area contributed by atoms with Gasteiger partial charge in [0.05, 0.1) is 0 Å². The van der Waals surface area contributed by atoms with Crippen molar-refractivity contribution in [1.29, 1.82) is 0 Å². The molecule has 0 bridgehead atoms. The minimum absolute atomic E-state index is 0.147. The number of furan rings is 1. The third-order valence-electron chi connectivity index (χ3n) is 5.16. The standard InChI is InChI=1S/C20H21FN8O/c21-16-5-2-1-4-15(16)12-27-8-3-9-28(11-10-27)18-7-6-17(30-18)26-20-23-13-22-19-24-14-25-29(19)20/h1-2,4-7,13-14H,3,8-12H2,(H,22,23,24,25,26). The molecule has 0 amide bonds. The molecular weight excluding hydrogens is 387 g/mol. The van der Waals surface area contributed by atoms with Crippen molar-refractivity contribution < 1.29 is 8.81 Å². The number of halogens is 1. The maximum Gasteiger partial charge on any atom is 0.256 e. The van der Waals surface area contributed by atoms with E-state index < -0.39 is 0 Å². The van der Waals surface area contributed by atoms with Crippen molar-refractivity contribution in [2.24, 2.45) is 0 Å². The van der Waals surface area contributed by atoms with Crippen LogP contribution in [0.15, 0.2) is 53.5 Å². The average molecular weight is 408 g/mol. The van der Waals surface area contributed by atoms with Gasteiger partial charge in [-0.25, -0.2) is 9.37 Å². The molecular formula is C20H21FN8O. The molecule has 9 nitrogen and oxygen atoms in total. The molecule has 0 unspecified atom stereocenters. The maximum atomic E-state index is 14.0. The molecule has 30 heavy (non-hydrogen) atoms. The molecule has 0 spiro atoms. The molecule has 0 saturated carbocycles. The van der Waals surface area contributed by atoms with Gasteiger partial charge in [0.2, 0.25) is 11.8 Å². The zero-order valence-corrected chi connectivity index (χ0v) is 16.3. The van der Waals surface area contributed by atoms with Crippen LogP contribution in [0, 0.1) is 5.82 Å². The Morgan fingerprint density at radius 1 is 0.967 bits per heavy atom. The first-order valence-corrected chi connectivity index (χ1v) is 9.84. The van der Waals surface area contributed by atoms with Gasteiger partial charge in [0, 0.05) is 50.4 Å². The smallest absolute Gasteiger partial charge is 0.256 e. The highest BCUT2D eigenvalue weighted by atomic mass is 19.1. The van der Waals surface area contributed by atoms with E-state index in [2.05, 4.69) is 35.2 Å². The van der Waals surface area contributed by atoms with Crippen LogP contribution in [0.2, 0.25) is 0 Å². The molecule has 4 aromatic rings. The monoisotopic (exact) mass is 408 g/mol. The van der Waals surface area contributed by atoms with Crippen LogP contribution in [0.3, 0.4) is 0 Å². The van der Waals surface area contributed by atoms with Gasteiger partial charge in [0.15, 0.2) is 5.88 Å². The van der Waals surface area contributed by atoms with Crippen molar-refractivity contribution in [3.05, 3.63) is 60.4 Å². The highest BCUT2D eigenvalue weighted by molar-refractivity contribution is 5.52. The van der Waals surface area contributed by atoms with E-state index in [9.17, 15) is 4.39 Å². The summed E-state index contributed by atoms with van der Waals surface area (Å²) in [6.07, 6.45) is 3.83. The van der Waals surface area contributed by atoms with Crippen LogP contribution < -0.4 is 10.2 Å². The Hall–Kier alpha value is -3.53. The van der Waals surface area contributed by atoms with Gasteiger partial charge >= 0.3 is 0 Å². The Morgan fingerprint density at radius 2 is 1.87 bits per heavy atom. The van der Waals surface area contributed by atoms with Crippen LogP contribution in [-0.4, -0.2) is 55.6 Å². The number of nitrogens with one attached hydrogen (secondary N) is 1.